The number of benzene rings is 1. The predicted octanol–water partition coefficient (Wildman–Crippen LogP) is 0.150. The van der Waals surface area contributed by atoms with Gasteiger partial charge in [0.15, 0.2) is 0 Å². The summed E-state index contributed by atoms with van der Waals surface area (Å²) < 4.78 is 26.7. The first-order valence-electron chi connectivity index (χ1n) is 11.3. The first kappa shape index (κ1) is 24.5. The van der Waals surface area contributed by atoms with Gasteiger partial charge in [-0.05, 0) is 57.0 Å². The normalized spacial score (nSPS) is 20.8. The van der Waals surface area contributed by atoms with Crippen LogP contribution in [0.2, 0.25) is 0 Å². The zero-order chi connectivity index (χ0) is 23.1. The average molecular weight is 466 g/mol. The van der Waals surface area contributed by atoms with Crippen LogP contribution in [0.3, 0.4) is 0 Å². The number of piperazine rings is 1. The van der Waals surface area contributed by atoms with Crippen molar-refractivity contribution in [1.29, 1.82) is 0 Å². The fraction of sp³-hybridized carbons (Fsp3) is 0.636. The van der Waals surface area contributed by atoms with Gasteiger partial charge < -0.3 is 20.9 Å². The summed E-state index contributed by atoms with van der Waals surface area (Å²) in [5.74, 6) is -1.35. The standard InChI is InChI=1S/C22H35N5O4S/c1-18-5-2-7-20(15-18)26-11-13-27(14-12-26)32(30,31)17-21(28)24-8-4-10-25-9-3-6-19(16-25)22(23)29/h2,5,7,15,19H,3-4,6,8-14,16-17H2,1H3,(H2,23,29)(H,24,28). The Bertz CT molecular complexity index is 899. The number of piperidine rings is 1. The van der Waals surface area contributed by atoms with E-state index < -0.39 is 21.7 Å². The number of nitrogens with one attached hydrogen (secondary N) is 1. The van der Waals surface area contributed by atoms with E-state index in [2.05, 4.69) is 21.2 Å². The van der Waals surface area contributed by atoms with Gasteiger partial charge in [-0.1, -0.05) is 12.1 Å². The van der Waals surface area contributed by atoms with Crippen LogP contribution in [0.5, 0.6) is 0 Å². The van der Waals surface area contributed by atoms with Gasteiger partial charge in [0.1, 0.15) is 5.75 Å². The van der Waals surface area contributed by atoms with Gasteiger partial charge in [-0.2, -0.15) is 4.31 Å². The lowest BCUT2D eigenvalue weighted by molar-refractivity contribution is -0.123. The van der Waals surface area contributed by atoms with Crippen molar-refractivity contribution in [3.05, 3.63) is 29.8 Å². The summed E-state index contributed by atoms with van der Waals surface area (Å²) in [7, 11) is -3.64. The summed E-state index contributed by atoms with van der Waals surface area (Å²) >= 11 is 0. The van der Waals surface area contributed by atoms with Crippen LogP contribution >= 0.6 is 0 Å². The van der Waals surface area contributed by atoms with Gasteiger partial charge in [-0.3, -0.25) is 9.59 Å². The monoisotopic (exact) mass is 465 g/mol. The molecule has 2 amide bonds. The second kappa shape index (κ2) is 11.1. The molecule has 0 aliphatic carbocycles. The quantitative estimate of drug-likeness (QED) is 0.502. The number of anilines is 1. The minimum Gasteiger partial charge on any atom is -0.369 e. The van der Waals surface area contributed by atoms with Crippen molar-refractivity contribution in [2.24, 2.45) is 11.7 Å². The third-order valence-corrected chi connectivity index (χ3v) is 7.97. The molecule has 9 nitrogen and oxygen atoms in total. The summed E-state index contributed by atoms with van der Waals surface area (Å²) in [5, 5.41) is 2.72. The maximum atomic E-state index is 12.7. The zero-order valence-corrected chi connectivity index (χ0v) is 19.6. The van der Waals surface area contributed by atoms with Crippen molar-refractivity contribution in [3.8, 4) is 0 Å². The molecule has 0 saturated carbocycles. The van der Waals surface area contributed by atoms with Crippen molar-refractivity contribution in [1.82, 2.24) is 14.5 Å². The highest BCUT2D eigenvalue weighted by molar-refractivity contribution is 7.89. The van der Waals surface area contributed by atoms with Gasteiger partial charge in [0, 0.05) is 45.0 Å². The number of likely N-dealkylation sites (tertiary alicyclic amines) is 1. The smallest absolute Gasteiger partial charge is 0.236 e. The van der Waals surface area contributed by atoms with Gasteiger partial charge in [0.25, 0.3) is 0 Å². The molecule has 3 N–H and O–H groups in total. The Morgan fingerprint density at radius 2 is 1.91 bits per heavy atom. The van der Waals surface area contributed by atoms with Gasteiger partial charge >= 0.3 is 0 Å². The Balaban J connectivity index is 1.37. The summed E-state index contributed by atoms with van der Waals surface area (Å²) in [5.41, 5.74) is 7.66. The van der Waals surface area contributed by atoms with Gasteiger partial charge in [0.05, 0.1) is 5.92 Å². The number of aryl methyl sites for hydroxylation is 1. The molecule has 10 heteroatoms. The van der Waals surface area contributed by atoms with Crippen LogP contribution in [0.25, 0.3) is 0 Å². The number of hydrogen-bond donors (Lipinski definition) is 2. The van der Waals surface area contributed by atoms with E-state index in [1.54, 1.807) is 0 Å². The summed E-state index contributed by atoms with van der Waals surface area (Å²) in [6.45, 7) is 6.73. The molecule has 178 valence electrons. The topological polar surface area (TPSA) is 116 Å². The van der Waals surface area contributed by atoms with E-state index in [-0.39, 0.29) is 11.8 Å². The van der Waals surface area contributed by atoms with Crippen LogP contribution in [-0.4, -0.2) is 87.5 Å². The second-order valence-electron chi connectivity index (χ2n) is 8.73. The van der Waals surface area contributed by atoms with Crippen LogP contribution in [0.4, 0.5) is 5.69 Å². The third kappa shape index (κ3) is 6.91. The number of carbonyl (C=O) groups excluding carboxylic acids is 2. The van der Waals surface area contributed by atoms with E-state index in [9.17, 15) is 18.0 Å². The molecular formula is C22H35N5O4S. The SMILES string of the molecule is Cc1cccc(N2CCN(S(=O)(=O)CC(=O)NCCCN3CCCC(C(N)=O)C3)CC2)c1. The molecule has 2 fully saturated rings. The molecule has 0 bridgehead atoms. The van der Waals surface area contributed by atoms with E-state index >= 15 is 0 Å². The Morgan fingerprint density at radius 1 is 1.16 bits per heavy atom. The molecule has 1 aromatic carbocycles. The van der Waals surface area contributed by atoms with E-state index in [4.69, 9.17) is 5.73 Å². The first-order chi connectivity index (χ1) is 15.2. The lowest BCUT2D eigenvalue weighted by atomic mass is 9.97. The molecule has 2 aliphatic heterocycles. The van der Waals surface area contributed by atoms with Gasteiger partial charge in [0.2, 0.25) is 21.8 Å². The van der Waals surface area contributed by atoms with Crippen molar-refractivity contribution < 1.29 is 18.0 Å². The molecule has 32 heavy (non-hydrogen) atoms. The highest BCUT2D eigenvalue weighted by Gasteiger charge is 2.29. The zero-order valence-electron chi connectivity index (χ0n) is 18.8. The van der Waals surface area contributed by atoms with Gasteiger partial charge in [-0.15, -0.1) is 0 Å². The van der Waals surface area contributed by atoms with Crippen LogP contribution < -0.4 is 16.0 Å². The fourth-order valence-corrected chi connectivity index (χ4v) is 5.71. The molecule has 1 atom stereocenters. The molecule has 3 rings (SSSR count). The number of primary amides is 1. The van der Waals surface area contributed by atoms with Crippen molar-refractivity contribution in [2.45, 2.75) is 26.2 Å². The molecule has 2 aliphatic rings. The number of amides is 2. The molecule has 0 radical (unpaired) electrons. The highest BCUT2D eigenvalue weighted by Crippen LogP contribution is 2.19. The lowest BCUT2D eigenvalue weighted by Gasteiger charge is -2.35. The van der Waals surface area contributed by atoms with Crippen LogP contribution in [0.15, 0.2) is 24.3 Å². The molecule has 0 aromatic heterocycles. The lowest BCUT2D eigenvalue weighted by Crippen LogP contribution is -2.50. The summed E-state index contributed by atoms with van der Waals surface area (Å²) in [6.07, 6.45) is 2.47. The highest BCUT2D eigenvalue weighted by atomic mass is 32.2. The number of rotatable bonds is 9. The maximum absolute atomic E-state index is 12.7. The summed E-state index contributed by atoms with van der Waals surface area (Å²) in [6, 6.07) is 8.16. The predicted molar refractivity (Wildman–Crippen MR) is 125 cm³/mol. The van der Waals surface area contributed by atoms with E-state index in [0.717, 1.165) is 31.6 Å². The van der Waals surface area contributed by atoms with Gasteiger partial charge in [-0.25, -0.2) is 8.42 Å². The van der Waals surface area contributed by atoms with Crippen LogP contribution in [0, 0.1) is 12.8 Å². The van der Waals surface area contributed by atoms with Crippen molar-refractivity contribution in [3.63, 3.8) is 0 Å². The van der Waals surface area contributed by atoms with Crippen molar-refractivity contribution in [2.75, 3.05) is 63.0 Å². The second-order valence-corrected chi connectivity index (χ2v) is 10.7. The third-order valence-electron chi connectivity index (χ3n) is 6.19. The molecule has 0 spiro atoms. The fourth-order valence-electron chi connectivity index (χ4n) is 4.38. The number of sulfonamides is 1. The molecular weight excluding hydrogens is 430 g/mol. The molecule has 2 saturated heterocycles. The Morgan fingerprint density at radius 3 is 2.59 bits per heavy atom. The Hall–Kier alpha value is -2.17. The molecule has 1 unspecified atom stereocenters. The van der Waals surface area contributed by atoms with E-state index in [0.29, 0.717) is 45.7 Å². The first-order valence-corrected chi connectivity index (χ1v) is 12.9. The number of carbonyl (C=O) groups is 2. The van der Waals surface area contributed by atoms with E-state index in [1.807, 2.05) is 25.1 Å². The largest absolute Gasteiger partial charge is 0.369 e. The minimum absolute atomic E-state index is 0.102. The Labute approximate surface area is 191 Å². The number of nitrogens with two attached hydrogens (primary N) is 1. The number of hydrogen-bond acceptors (Lipinski definition) is 6. The van der Waals surface area contributed by atoms with Crippen LogP contribution in [-0.2, 0) is 19.6 Å². The van der Waals surface area contributed by atoms with Crippen LogP contribution in [0.1, 0.15) is 24.8 Å². The minimum atomic E-state index is -3.64. The molecule has 1 aromatic rings. The van der Waals surface area contributed by atoms with E-state index in [1.165, 1.54) is 9.87 Å². The molecule has 2 heterocycles. The average Bonchev–Trinajstić information content (AvgIpc) is 2.77. The van der Waals surface area contributed by atoms with Crippen molar-refractivity contribution >= 4 is 27.5 Å². The Kier molecular flexibility index (Phi) is 8.50. The maximum Gasteiger partial charge on any atom is 0.236 e. The summed E-state index contributed by atoms with van der Waals surface area (Å²) in [4.78, 5) is 27.9. The number of nitrogens with zero attached hydrogens (tertiary/aromatic N) is 3.